The topological polar surface area (TPSA) is 145 Å². The van der Waals surface area contributed by atoms with Gasteiger partial charge in [0.05, 0.1) is 24.7 Å². The van der Waals surface area contributed by atoms with Crippen molar-refractivity contribution in [2.75, 3.05) is 18.2 Å². The molecule has 0 saturated carbocycles. The lowest BCUT2D eigenvalue weighted by atomic mass is 9.99. The van der Waals surface area contributed by atoms with Crippen LogP contribution in [0.4, 0.5) is 11.8 Å². The number of nitriles is 1. The second kappa shape index (κ2) is 9.75. The Morgan fingerprint density at radius 3 is 2.51 bits per heavy atom. The predicted molar refractivity (Wildman–Crippen MR) is 140 cm³/mol. The molecule has 1 atom stereocenters. The first-order chi connectivity index (χ1) is 18.0. The smallest absolute Gasteiger partial charge is 0.316 e. The number of ether oxygens (including phenoxy) is 1. The minimum Gasteiger partial charge on any atom is -0.467 e. The van der Waals surface area contributed by atoms with E-state index < -0.39 is 6.04 Å². The van der Waals surface area contributed by atoms with Gasteiger partial charge in [-0.05, 0) is 36.1 Å². The molecule has 10 heteroatoms. The summed E-state index contributed by atoms with van der Waals surface area (Å²) in [6, 6.07) is 18.8. The standard InChI is InChI=1S/C27H22N8O2/c1-16(33-24-18(12-28)13-30-26(29)34-24)22-11-17-7-6-10-21(19-14-31-27(37-2)32-15-19)23(17)25(36)35(22)20-8-4-3-5-9-20/h3-11,13-16H,1-2H3,(H3,29,30,33,34)/t16-/m1/s1. The van der Waals surface area contributed by atoms with Crippen LogP contribution in [0.2, 0.25) is 0 Å². The quantitative estimate of drug-likeness (QED) is 0.362. The van der Waals surface area contributed by atoms with E-state index in [0.29, 0.717) is 33.7 Å². The van der Waals surface area contributed by atoms with Crippen molar-refractivity contribution in [3.05, 3.63) is 94.8 Å². The number of rotatable bonds is 6. The molecule has 3 aromatic heterocycles. The summed E-state index contributed by atoms with van der Waals surface area (Å²) < 4.78 is 6.73. The monoisotopic (exact) mass is 490 g/mol. The molecule has 0 amide bonds. The van der Waals surface area contributed by atoms with Gasteiger partial charge in [0, 0.05) is 29.3 Å². The minimum atomic E-state index is -0.424. The predicted octanol–water partition coefficient (Wildman–Crippen LogP) is 3.87. The highest BCUT2D eigenvalue weighted by Gasteiger charge is 2.20. The Balaban J connectivity index is 1.73. The largest absolute Gasteiger partial charge is 0.467 e. The van der Waals surface area contributed by atoms with Gasteiger partial charge in [-0.3, -0.25) is 9.36 Å². The van der Waals surface area contributed by atoms with E-state index in [1.165, 1.54) is 13.3 Å². The zero-order chi connectivity index (χ0) is 25.9. The summed E-state index contributed by atoms with van der Waals surface area (Å²) >= 11 is 0. The number of nitrogens with zero attached hydrogens (tertiary/aromatic N) is 6. The van der Waals surface area contributed by atoms with Crippen molar-refractivity contribution in [2.45, 2.75) is 13.0 Å². The molecule has 0 radical (unpaired) electrons. The summed E-state index contributed by atoms with van der Waals surface area (Å²) in [5, 5.41) is 14.0. The summed E-state index contributed by atoms with van der Waals surface area (Å²) in [4.78, 5) is 30.7. The Bertz CT molecular complexity index is 1690. The molecule has 10 nitrogen and oxygen atoms in total. The van der Waals surface area contributed by atoms with Crippen LogP contribution in [0.1, 0.15) is 24.2 Å². The van der Waals surface area contributed by atoms with Crippen molar-refractivity contribution < 1.29 is 4.74 Å². The molecule has 0 saturated heterocycles. The van der Waals surface area contributed by atoms with E-state index >= 15 is 0 Å². The summed E-state index contributed by atoms with van der Waals surface area (Å²) in [6.45, 7) is 1.89. The fraction of sp³-hybridized carbons (Fsp3) is 0.111. The van der Waals surface area contributed by atoms with E-state index in [1.807, 2.05) is 61.5 Å². The van der Waals surface area contributed by atoms with Crippen LogP contribution >= 0.6 is 0 Å². The Morgan fingerprint density at radius 1 is 1.05 bits per heavy atom. The highest BCUT2D eigenvalue weighted by atomic mass is 16.5. The SMILES string of the molecule is COc1ncc(-c2cccc3cc([C@@H](C)Nc4nc(N)ncc4C#N)n(-c4ccccc4)c(=O)c23)cn1. The first kappa shape index (κ1) is 23.4. The number of nitrogens with two attached hydrogens (primary N) is 1. The Labute approximate surface area is 212 Å². The van der Waals surface area contributed by atoms with E-state index in [0.717, 1.165) is 5.39 Å². The molecule has 0 bridgehead atoms. The third kappa shape index (κ3) is 4.41. The van der Waals surface area contributed by atoms with Crippen LogP contribution in [0.5, 0.6) is 6.01 Å². The number of fused-ring (bicyclic) bond motifs is 1. The number of nitrogen functional groups attached to an aromatic ring is 1. The molecule has 5 aromatic rings. The number of pyridine rings is 1. The average molecular weight is 491 g/mol. The van der Waals surface area contributed by atoms with E-state index in [9.17, 15) is 10.1 Å². The lowest BCUT2D eigenvalue weighted by Gasteiger charge is -2.22. The maximum Gasteiger partial charge on any atom is 0.316 e. The molecule has 3 N–H and O–H groups in total. The molecule has 0 fully saturated rings. The number of nitrogens with one attached hydrogen (secondary N) is 1. The van der Waals surface area contributed by atoms with Crippen LogP contribution in [0.15, 0.2) is 78.0 Å². The van der Waals surface area contributed by atoms with Crippen LogP contribution in [0.3, 0.4) is 0 Å². The maximum absolute atomic E-state index is 14.2. The second-order valence-electron chi connectivity index (χ2n) is 8.24. The van der Waals surface area contributed by atoms with Gasteiger partial charge >= 0.3 is 6.01 Å². The van der Waals surface area contributed by atoms with Crippen molar-refractivity contribution in [3.63, 3.8) is 0 Å². The molecule has 0 aliphatic carbocycles. The van der Waals surface area contributed by atoms with E-state index in [4.69, 9.17) is 10.5 Å². The third-order valence-corrected chi connectivity index (χ3v) is 5.94. The van der Waals surface area contributed by atoms with Gasteiger partial charge in [-0.15, -0.1) is 0 Å². The van der Waals surface area contributed by atoms with Gasteiger partial charge in [-0.1, -0.05) is 36.4 Å². The first-order valence-electron chi connectivity index (χ1n) is 11.4. The Hall–Kier alpha value is -5.30. The maximum atomic E-state index is 14.2. The number of anilines is 2. The molecule has 0 aliphatic heterocycles. The van der Waals surface area contributed by atoms with Crippen molar-refractivity contribution >= 4 is 22.5 Å². The fourth-order valence-electron chi connectivity index (χ4n) is 4.21. The van der Waals surface area contributed by atoms with Gasteiger partial charge in [-0.2, -0.15) is 10.2 Å². The molecule has 5 rings (SSSR count). The van der Waals surface area contributed by atoms with Crippen molar-refractivity contribution in [1.82, 2.24) is 24.5 Å². The van der Waals surface area contributed by atoms with Gasteiger partial charge < -0.3 is 15.8 Å². The number of hydrogen-bond donors (Lipinski definition) is 2. The van der Waals surface area contributed by atoms with Crippen LogP contribution in [0, 0.1) is 11.3 Å². The molecule has 0 spiro atoms. The minimum absolute atomic E-state index is 0.0408. The lowest BCUT2D eigenvalue weighted by molar-refractivity contribution is 0.380. The highest BCUT2D eigenvalue weighted by molar-refractivity contribution is 5.96. The molecule has 0 unspecified atom stereocenters. The summed E-state index contributed by atoms with van der Waals surface area (Å²) in [7, 11) is 1.50. The third-order valence-electron chi connectivity index (χ3n) is 5.94. The molecular formula is C27H22N8O2. The fourth-order valence-corrected chi connectivity index (χ4v) is 4.21. The summed E-state index contributed by atoms with van der Waals surface area (Å²) in [5.74, 6) is 0.331. The molecule has 3 heterocycles. The average Bonchev–Trinajstić information content (AvgIpc) is 2.93. The van der Waals surface area contributed by atoms with E-state index in [-0.39, 0.29) is 23.1 Å². The number of methoxy groups -OCH3 is 1. The Morgan fingerprint density at radius 2 is 1.81 bits per heavy atom. The zero-order valence-corrected chi connectivity index (χ0v) is 20.1. The number of aromatic nitrogens is 5. The van der Waals surface area contributed by atoms with E-state index in [1.54, 1.807) is 17.0 Å². The zero-order valence-electron chi connectivity index (χ0n) is 20.1. The normalized spacial score (nSPS) is 11.6. The molecular weight excluding hydrogens is 468 g/mol. The number of benzene rings is 2. The summed E-state index contributed by atoms with van der Waals surface area (Å²) in [6.07, 6.45) is 4.63. The van der Waals surface area contributed by atoms with Gasteiger partial charge in [0.15, 0.2) is 0 Å². The van der Waals surface area contributed by atoms with Crippen molar-refractivity contribution in [3.8, 4) is 28.9 Å². The van der Waals surface area contributed by atoms with Crippen LogP contribution in [-0.4, -0.2) is 31.6 Å². The molecule has 37 heavy (non-hydrogen) atoms. The number of para-hydroxylation sites is 1. The van der Waals surface area contributed by atoms with Crippen LogP contribution in [0.25, 0.3) is 27.6 Å². The molecule has 0 aliphatic rings. The molecule has 2 aromatic carbocycles. The van der Waals surface area contributed by atoms with Crippen LogP contribution < -0.4 is 21.3 Å². The summed E-state index contributed by atoms with van der Waals surface area (Å²) in [5.41, 5.74) is 8.57. The highest BCUT2D eigenvalue weighted by Crippen LogP contribution is 2.30. The first-order valence-corrected chi connectivity index (χ1v) is 11.4. The van der Waals surface area contributed by atoms with Crippen molar-refractivity contribution in [1.29, 1.82) is 5.26 Å². The number of hydrogen-bond acceptors (Lipinski definition) is 9. The van der Waals surface area contributed by atoms with Gasteiger partial charge in [0.25, 0.3) is 5.56 Å². The van der Waals surface area contributed by atoms with E-state index in [2.05, 4.69) is 31.3 Å². The van der Waals surface area contributed by atoms with Gasteiger partial charge in [0.2, 0.25) is 5.95 Å². The van der Waals surface area contributed by atoms with Gasteiger partial charge in [0.1, 0.15) is 17.5 Å². The van der Waals surface area contributed by atoms with Crippen LogP contribution in [-0.2, 0) is 0 Å². The van der Waals surface area contributed by atoms with Gasteiger partial charge in [-0.25, -0.2) is 15.0 Å². The Kier molecular flexibility index (Phi) is 6.18. The van der Waals surface area contributed by atoms with Crippen molar-refractivity contribution in [2.24, 2.45) is 0 Å². The second-order valence-corrected chi connectivity index (χ2v) is 8.24. The lowest BCUT2D eigenvalue weighted by Crippen LogP contribution is -2.26. The molecule has 182 valence electrons.